The second kappa shape index (κ2) is 5.33. The molecule has 3 heterocycles. The van der Waals surface area contributed by atoms with Gasteiger partial charge in [-0.3, -0.25) is 14.3 Å². The van der Waals surface area contributed by atoms with Crippen molar-refractivity contribution in [1.29, 1.82) is 5.26 Å². The van der Waals surface area contributed by atoms with Crippen LogP contribution in [0.1, 0.15) is 12.2 Å². The molecule has 5 nitrogen and oxygen atoms in total. The molecule has 1 atom stereocenters. The zero-order chi connectivity index (χ0) is 15.8. The highest BCUT2D eigenvalue weighted by Gasteiger charge is 2.21. The van der Waals surface area contributed by atoms with E-state index in [0.717, 1.165) is 23.5 Å². The second-order valence-corrected chi connectivity index (χ2v) is 5.76. The van der Waals surface area contributed by atoms with Gasteiger partial charge in [0.25, 0.3) is 5.56 Å². The third-order valence-electron chi connectivity index (χ3n) is 4.30. The molecule has 112 valence electrons. The van der Waals surface area contributed by atoms with Crippen LogP contribution in [-0.4, -0.2) is 14.5 Å². The van der Waals surface area contributed by atoms with Crippen LogP contribution in [0.25, 0.3) is 22.2 Å². The predicted molar refractivity (Wildman–Crippen MR) is 86.7 cm³/mol. The summed E-state index contributed by atoms with van der Waals surface area (Å²) in [6.07, 6.45) is 3.17. The van der Waals surface area contributed by atoms with Crippen LogP contribution in [0, 0.1) is 17.2 Å². The minimum absolute atomic E-state index is 0.0579. The molecule has 0 radical (unpaired) electrons. The van der Waals surface area contributed by atoms with Gasteiger partial charge in [-0.05, 0) is 30.7 Å². The van der Waals surface area contributed by atoms with Crippen LogP contribution < -0.4 is 5.56 Å². The fourth-order valence-electron chi connectivity index (χ4n) is 3.06. The third-order valence-corrected chi connectivity index (χ3v) is 4.30. The minimum atomic E-state index is -0.104. The maximum Gasteiger partial charge on any atom is 0.261 e. The Morgan fingerprint density at radius 3 is 2.96 bits per heavy atom. The average molecular weight is 302 g/mol. The molecule has 1 aliphatic heterocycles. The standard InChI is InChI=1S/C18H14N4O/c19-10-12-4-7-17-21-16-9-13(15-3-1-2-8-20-15)5-6-14(16)18(23)22(17)11-12/h1-3,5-6,8-9,12H,4,7,11H2. The molecular formula is C18H14N4O. The van der Waals surface area contributed by atoms with Crippen LogP contribution in [0.3, 0.4) is 0 Å². The Kier molecular flexibility index (Phi) is 3.16. The molecule has 23 heavy (non-hydrogen) atoms. The van der Waals surface area contributed by atoms with Crippen LogP contribution >= 0.6 is 0 Å². The lowest BCUT2D eigenvalue weighted by Gasteiger charge is -2.21. The zero-order valence-corrected chi connectivity index (χ0v) is 12.4. The number of rotatable bonds is 1. The summed E-state index contributed by atoms with van der Waals surface area (Å²) in [5, 5.41) is 9.68. The van der Waals surface area contributed by atoms with Crippen molar-refractivity contribution in [2.45, 2.75) is 19.4 Å². The highest BCUT2D eigenvalue weighted by atomic mass is 16.1. The van der Waals surface area contributed by atoms with Crippen molar-refractivity contribution in [2.75, 3.05) is 0 Å². The average Bonchev–Trinajstić information content (AvgIpc) is 2.62. The van der Waals surface area contributed by atoms with Gasteiger partial charge in [0.05, 0.1) is 28.6 Å². The van der Waals surface area contributed by atoms with Crippen LogP contribution in [0.5, 0.6) is 0 Å². The van der Waals surface area contributed by atoms with E-state index in [1.807, 2.05) is 30.3 Å². The van der Waals surface area contributed by atoms with E-state index in [0.29, 0.717) is 23.9 Å². The highest BCUT2D eigenvalue weighted by molar-refractivity contribution is 5.83. The molecule has 0 saturated heterocycles. The van der Waals surface area contributed by atoms with E-state index in [4.69, 9.17) is 5.26 Å². The zero-order valence-electron chi connectivity index (χ0n) is 12.4. The van der Waals surface area contributed by atoms with Crippen LogP contribution in [-0.2, 0) is 13.0 Å². The number of fused-ring (bicyclic) bond motifs is 2. The number of hydrogen-bond donors (Lipinski definition) is 0. The molecule has 1 aromatic carbocycles. The topological polar surface area (TPSA) is 71.6 Å². The molecular weight excluding hydrogens is 288 g/mol. The van der Waals surface area contributed by atoms with Gasteiger partial charge in [-0.15, -0.1) is 0 Å². The van der Waals surface area contributed by atoms with Gasteiger partial charge in [0, 0.05) is 24.7 Å². The molecule has 0 aliphatic carbocycles. The molecule has 2 aromatic heterocycles. The number of nitrogens with zero attached hydrogens (tertiary/aromatic N) is 4. The van der Waals surface area contributed by atoms with Gasteiger partial charge >= 0.3 is 0 Å². The molecule has 0 spiro atoms. The number of aryl methyl sites for hydroxylation is 1. The summed E-state index contributed by atoms with van der Waals surface area (Å²) in [6, 6.07) is 13.6. The molecule has 3 aromatic rings. The monoisotopic (exact) mass is 302 g/mol. The summed E-state index contributed by atoms with van der Waals surface area (Å²) in [7, 11) is 0. The molecule has 1 aliphatic rings. The van der Waals surface area contributed by atoms with E-state index in [-0.39, 0.29) is 11.5 Å². The number of hydrogen-bond acceptors (Lipinski definition) is 4. The van der Waals surface area contributed by atoms with Crippen molar-refractivity contribution in [3.8, 4) is 17.3 Å². The summed E-state index contributed by atoms with van der Waals surface area (Å²) in [5.41, 5.74) is 2.44. The second-order valence-electron chi connectivity index (χ2n) is 5.76. The molecule has 0 saturated carbocycles. The molecule has 0 bridgehead atoms. The van der Waals surface area contributed by atoms with Gasteiger partial charge in [0.15, 0.2) is 0 Å². The molecule has 1 unspecified atom stereocenters. The minimum Gasteiger partial charge on any atom is -0.295 e. The van der Waals surface area contributed by atoms with Crippen molar-refractivity contribution in [2.24, 2.45) is 5.92 Å². The first-order valence-electron chi connectivity index (χ1n) is 7.61. The molecule has 4 rings (SSSR count). The summed E-state index contributed by atoms with van der Waals surface area (Å²) < 4.78 is 1.65. The quantitative estimate of drug-likeness (QED) is 0.692. The summed E-state index contributed by atoms with van der Waals surface area (Å²) in [4.78, 5) is 21.7. The van der Waals surface area contributed by atoms with Crippen molar-refractivity contribution in [3.63, 3.8) is 0 Å². The Bertz CT molecular complexity index is 986. The third kappa shape index (κ3) is 2.29. The van der Waals surface area contributed by atoms with Gasteiger partial charge in [-0.2, -0.15) is 5.26 Å². The van der Waals surface area contributed by atoms with Crippen molar-refractivity contribution in [3.05, 3.63) is 58.8 Å². The van der Waals surface area contributed by atoms with Gasteiger partial charge in [-0.1, -0.05) is 12.1 Å². The lowest BCUT2D eigenvalue weighted by molar-refractivity contribution is 0.423. The van der Waals surface area contributed by atoms with Gasteiger partial charge in [0.1, 0.15) is 5.82 Å². The largest absolute Gasteiger partial charge is 0.295 e. The van der Waals surface area contributed by atoms with E-state index in [1.54, 1.807) is 16.8 Å². The summed E-state index contributed by atoms with van der Waals surface area (Å²) >= 11 is 0. The van der Waals surface area contributed by atoms with Crippen LogP contribution in [0.15, 0.2) is 47.4 Å². The van der Waals surface area contributed by atoms with Crippen LogP contribution in [0.4, 0.5) is 0 Å². The van der Waals surface area contributed by atoms with Crippen molar-refractivity contribution < 1.29 is 0 Å². The first-order valence-corrected chi connectivity index (χ1v) is 7.61. The number of aromatic nitrogens is 3. The SMILES string of the molecule is N#CC1CCc2nc3cc(-c4ccccn4)ccc3c(=O)n2C1. The maximum absolute atomic E-state index is 12.7. The number of nitriles is 1. The first kappa shape index (κ1) is 13.6. The predicted octanol–water partition coefficient (Wildman–Crippen LogP) is 2.54. The smallest absolute Gasteiger partial charge is 0.261 e. The Hall–Kier alpha value is -3.00. The van der Waals surface area contributed by atoms with Gasteiger partial charge < -0.3 is 0 Å². The molecule has 0 fully saturated rings. The molecule has 0 N–H and O–H groups in total. The Morgan fingerprint density at radius 1 is 1.26 bits per heavy atom. The van der Waals surface area contributed by atoms with Gasteiger partial charge in [-0.25, -0.2) is 4.98 Å². The summed E-state index contributed by atoms with van der Waals surface area (Å²) in [6.45, 7) is 0.440. The fourth-order valence-corrected chi connectivity index (χ4v) is 3.06. The van der Waals surface area contributed by atoms with Crippen molar-refractivity contribution in [1.82, 2.24) is 14.5 Å². The summed E-state index contributed by atoms with van der Waals surface area (Å²) in [5.74, 6) is 0.666. The Balaban J connectivity index is 1.89. The van der Waals surface area contributed by atoms with Crippen LogP contribution in [0.2, 0.25) is 0 Å². The number of benzene rings is 1. The van der Waals surface area contributed by atoms with E-state index in [1.165, 1.54) is 0 Å². The van der Waals surface area contributed by atoms with E-state index in [9.17, 15) is 4.79 Å². The first-order chi connectivity index (χ1) is 11.3. The molecule has 5 heteroatoms. The Labute approximate surface area is 132 Å². The van der Waals surface area contributed by atoms with E-state index < -0.39 is 0 Å². The lowest BCUT2D eigenvalue weighted by Crippen LogP contribution is -2.32. The fraction of sp³-hybridized carbons (Fsp3) is 0.222. The number of pyridine rings is 1. The van der Waals surface area contributed by atoms with Crippen molar-refractivity contribution >= 4 is 10.9 Å². The highest BCUT2D eigenvalue weighted by Crippen LogP contribution is 2.23. The normalized spacial score (nSPS) is 16.7. The molecule has 0 amide bonds. The Morgan fingerprint density at radius 2 is 2.17 bits per heavy atom. The maximum atomic E-state index is 12.7. The van der Waals surface area contributed by atoms with E-state index >= 15 is 0 Å². The lowest BCUT2D eigenvalue weighted by atomic mass is 10.00. The van der Waals surface area contributed by atoms with E-state index in [2.05, 4.69) is 16.0 Å². The van der Waals surface area contributed by atoms with Gasteiger partial charge in [0.2, 0.25) is 0 Å².